The molecule has 0 unspecified atom stereocenters. The summed E-state index contributed by atoms with van der Waals surface area (Å²) in [6.07, 6.45) is 1.13. The third-order valence-corrected chi connectivity index (χ3v) is 4.65. The Morgan fingerprint density at radius 2 is 1.88 bits per heavy atom. The van der Waals surface area contributed by atoms with Gasteiger partial charge in [0.2, 0.25) is 5.91 Å². The lowest BCUT2D eigenvalue weighted by Crippen LogP contribution is -2.27. The lowest BCUT2D eigenvalue weighted by atomic mass is 10.1. The maximum absolute atomic E-state index is 12.4. The van der Waals surface area contributed by atoms with Gasteiger partial charge < -0.3 is 9.64 Å². The molecular formula is C21H23NO3. The number of hydrogen-bond donors (Lipinski definition) is 0. The third-order valence-electron chi connectivity index (χ3n) is 4.65. The molecule has 1 aliphatic rings. The first-order valence-electron chi connectivity index (χ1n) is 8.66. The molecule has 0 aliphatic carbocycles. The first-order chi connectivity index (χ1) is 12.0. The summed E-state index contributed by atoms with van der Waals surface area (Å²) in [5, 5.41) is 0. The molecule has 1 aliphatic heterocycles. The molecule has 1 saturated heterocycles. The Morgan fingerprint density at radius 3 is 2.52 bits per heavy atom. The summed E-state index contributed by atoms with van der Waals surface area (Å²) in [5.41, 5.74) is 4.26. The molecule has 0 radical (unpaired) electrons. The Kier molecular flexibility index (Phi) is 4.88. The zero-order valence-electron chi connectivity index (χ0n) is 14.9. The van der Waals surface area contributed by atoms with Crippen LogP contribution in [0.3, 0.4) is 0 Å². The average Bonchev–Trinajstić information content (AvgIpc) is 2.97. The SMILES string of the molecule is CCc1ccc(OC(=O)[C@H]2CC(=O)N(c3ccc(C)cc3C)C2)cc1. The van der Waals surface area contributed by atoms with Crippen LogP contribution in [-0.4, -0.2) is 18.4 Å². The zero-order valence-corrected chi connectivity index (χ0v) is 14.9. The number of benzene rings is 2. The molecule has 1 atom stereocenters. The van der Waals surface area contributed by atoms with Gasteiger partial charge in [0.15, 0.2) is 0 Å². The van der Waals surface area contributed by atoms with Crippen LogP contribution in [0.1, 0.15) is 30.0 Å². The van der Waals surface area contributed by atoms with Gasteiger partial charge in [-0.15, -0.1) is 0 Å². The fourth-order valence-electron chi connectivity index (χ4n) is 3.20. The molecule has 0 N–H and O–H groups in total. The van der Waals surface area contributed by atoms with Crippen molar-refractivity contribution >= 4 is 17.6 Å². The van der Waals surface area contributed by atoms with Gasteiger partial charge in [-0.1, -0.05) is 36.8 Å². The summed E-state index contributed by atoms with van der Waals surface area (Å²) >= 11 is 0. The van der Waals surface area contributed by atoms with Crippen molar-refractivity contribution in [3.8, 4) is 5.75 Å². The average molecular weight is 337 g/mol. The fourth-order valence-corrected chi connectivity index (χ4v) is 3.20. The molecule has 2 aromatic rings. The summed E-state index contributed by atoms with van der Waals surface area (Å²) in [4.78, 5) is 26.5. The summed E-state index contributed by atoms with van der Waals surface area (Å²) in [6, 6.07) is 13.5. The van der Waals surface area contributed by atoms with Crippen LogP contribution in [0.25, 0.3) is 0 Å². The molecule has 0 aromatic heterocycles. The minimum absolute atomic E-state index is 0.0322. The largest absolute Gasteiger partial charge is 0.426 e. The van der Waals surface area contributed by atoms with E-state index in [4.69, 9.17) is 4.74 Å². The van der Waals surface area contributed by atoms with Crippen molar-refractivity contribution in [2.75, 3.05) is 11.4 Å². The van der Waals surface area contributed by atoms with Crippen LogP contribution in [0.2, 0.25) is 0 Å². The fraction of sp³-hybridized carbons (Fsp3) is 0.333. The maximum atomic E-state index is 12.4. The van der Waals surface area contributed by atoms with Gasteiger partial charge >= 0.3 is 5.97 Å². The van der Waals surface area contributed by atoms with Gasteiger partial charge in [0.05, 0.1) is 5.92 Å². The second-order valence-electron chi connectivity index (χ2n) is 6.61. The zero-order chi connectivity index (χ0) is 18.0. The topological polar surface area (TPSA) is 46.6 Å². The maximum Gasteiger partial charge on any atom is 0.316 e. The van der Waals surface area contributed by atoms with Gasteiger partial charge in [-0.05, 0) is 49.6 Å². The van der Waals surface area contributed by atoms with E-state index in [1.54, 1.807) is 17.0 Å². The van der Waals surface area contributed by atoms with E-state index in [1.807, 2.05) is 44.2 Å². The molecule has 4 heteroatoms. The molecule has 25 heavy (non-hydrogen) atoms. The summed E-state index contributed by atoms with van der Waals surface area (Å²) in [7, 11) is 0. The van der Waals surface area contributed by atoms with Crippen LogP contribution in [0.15, 0.2) is 42.5 Å². The van der Waals surface area contributed by atoms with Crippen LogP contribution in [0.5, 0.6) is 5.75 Å². The van der Waals surface area contributed by atoms with Crippen LogP contribution >= 0.6 is 0 Å². The number of carbonyl (C=O) groups excluding carboxylic acids is 2. The Balaban J connectivity index is 1.69. The Bertz CT molecular complexity index is 795. The predicted octanol–water partition coefficient (Wildman–Crippen LogP) is 3.82. The van der Waals surface area contributed by atoms with Gasteiger partial charge in [0.1, 0.15) is 5.75 Å². The van der Waals surface area contributed by atoms with E-state index in [0.29, 0.717) is 12.3 Å². The quantitative estimate of drug-likeness (QED) is 0.629. The highest BCUT2D eigenvalue weighted by Crippen LogP contribution is 2.29. The highest BCUT2D eigenvalue weighted by Gasteiger charge is 2.36. The Morgan fingerprint density at radius 1 is 1.16 bits per heavy atom. The number of ether oxygens (including phenoxy) is 1. The minimum atomic E-state index is -0.431. The Hall–Kier alpha value is -2.62. The number of rotatable bonds is 4. The lowest BCUT2D eigenvalue weighted by Gasteiger charge is -2.19. The van der Waals surface area contributed by atoms with E-state index < -0.39 is 5.92 Å². The van der Waals surface area contributed by atoms with Crippen molar-refractivity contribution < 1.29 is 14.3 Å². The summed E-state index contributed by atoms with van der Waals surface area (Å²) in [6.45, 7) is 6.45. The monoisotopic (exact) mass is 337 g/mol. The summed E-state index contributed by atoms with van der Waals surface area (Å²) < 4.78 is 5.46. The van der Waals surface area contributed by atoms with E-state index in [-0.39, 0.29) is 18.3 Å². The number of anilines is 1. The van der Waals surface area contributed by atoms with Crippen molar-refractivity contribution in [1.82, 2.24) is 0 Å². The van der Waals surface area contributed by atoms with E-state index >= 15 is 0 Å². The van der Waals surface area contributed by atoms with Gasteiger partial charge in [0.25, 0.3) is 0 Å². The number of hydrogen-bond acceptors (Lipinski definition) is 3. The van der Waals surface area contributed by atoms with E-state index in [0.717, 1.165) is 23.2 Å². The van der Waals surface area contributed by atoms with Crippen LogP contribution in [0, 0.1) is 19.8 Å². The Labute approximate surface area is 148 Å². The van der Waals surface area contributed by atoms with Crippen molar-refractivity contribution in [3.63, 3.8) is 0 Å². The number of esters is 1. The van der Waals surface area contributed by atoms with Gasteiger partial charge in [0, 0.05) is 18.7 Å². The van der Waals surface area contributed by atoms with Crippen LogP contribution < -0.4 is 9.64 Å². The summed E-state index contributed by atoms with van der Waals surface area (Å²) in [5.74, 6) is -0.279. The smallest absolute Gasteiger partial charge is 0.316 e. The van der Waals surface area contributed by atoms with Gasteiger partial charge in [-0.25, -0.2) is 0 Å². The standard InChI is InChI=1S/C21H23NO3/c1-4-16-6-8-18(9-7-16)25-21(24)17-12-20(23)22(13-17)19-10-5-14(2)11-15(19)3/h5-11,17H,4,12-13H2,1-3H3/t17-/m0/s1. The van der Waals surface area contributed by atoms with Crippen LogP contribution in [-0.2, 0) is 16.0 Å². The number of carbonyl (C=O) groups is 2. The van der Waals surface area contributed by atoms with Gasteiger partial charge in [-0.3, -0.25) is 9.59 Å². The van der Waals surface area contributed by atoms with Crippen molar-refractivity contribution in [2.45, 2.75) is 33.6 Å². The predicted molar refractivity (Wildman–Crippen MR) is 97.8 cm³/mol. The van der Waals surface area contributed by atoms with Crippen molar-refractivity contribution in [1.29, 1.82) is 0 Å². The number of nitrogens with zero attached hydrogens (tertiary/aromatic N) is 1. The third kappa shape index (κ3) is 3.73. The lowest BCUT2D eigenvalue weighted by molar-refractivity contribution is -0.139. The molecule has 2 aromatic carbocycles. The van der Waals surface area contributed by atoms with Crippen LogP contribution in [0.4, 0.5) is 5.69 Å². The van der Waals surface area contributed by atoms with E-state index in [1.165, 1.54) is 5.56 Å². The molecule has 0 spiro atoms. The molecule has 3 rings (SSSR count). The normalized spacial score (nSPS) is 17.0. The minimum Gasteiger partial charge on any atom is -0.426 e. The van der Waals surface area contributed by atoms with Crippen molar-refractivity contribution in [2.24, 2.45) is 5.92 Å². The highest BCUT2D eigenvalue weighted by molar-refractivity contribution is 6.00. The molecule has 0 saturated carbocycles. The molecule has 0 bridgehead atoms. The molecular weight excluding hydrogens is 314 g/mol. The first kappa shape index (κ1) is 17.2. The second kappa shape index (κ2) is 7.09. The van der Waals surface area contributed by atoms with Crippen molar-refractivity contribution in [3.05, 3.63) is 59.2 Å². The van der Waals surface area contributed by atoms with Gasteiger partial charge in [-0.2, -0.15) is 0 Å². The molecule has 1 fully saturated rings. The highest BCUT2D eigenvalue weighted by atomic mass is 16.5. The number of amides is 1. The first-order valence-corrected chi connectivity index (χ1v) is 8.66. The molecule has 4 nitrogen and oxygen atoms in total. The molecule has 130 valence electrons. The second-order valence-corrected chi connectivity index (χ2v) is 6.61. The van der Waals surface area contributed by atoms with E-state index in [2.05, 4.69) is 6.92 Å². The number of aryl methyl sites for hydroxylation is 3. The van der Waals surface area contributed by atoms with E-state index in [9.17, 15) is 9.59 Å². The molecule has 1 amide bonds. The molecule has 1 heterocycles.